The van der Waals surface area contributed by atoms with Gasteiger partial charge in [0.15, 0.2) is 9.84 Å². The van der Waals surface area contributed by atoms with Gasteiger partial charge in [-0.25, -0.2) is 8.42 Å². The molecule has 1 heterocycles. The van der Waals surface area contributed by atoms with E-state index >= 15 is 0 Å². The van der Waals surface area contributed by atoms with Gasteiger partial charge in [0.1, 0.15) is 0 Å². The van der Waals surface area contributed by atoms with Crippen LogP contribution in [0.2, 0.25) is 0 Å². The van der Waals surface area contributed by atoms with E-state index in [-0.39, 0.29) is 11.3 Å². The fourth-order valence-electron chi connectivity index (χ4n) is 2.14. The van der Waals surface area contributed by atoms with Gasteiger partial charge in [0.25, 0.3) is 0 Å². The first-order valence-electron chi connectivity index (χ1n) is 5.66. The van der Waals surface area contributed by atoms with Crippen molar-refractivity contribution in [3.63, 3.8) is 0 Å². The van der Waals surface area contributed by atoms with E-state index in [9.17, 15) is 8.42 Å². The minimum atomic E-state index is -2.91. The Balaban J connectivity index is 2.49. The highest BCUT2D eigenvalue weighted by atomic mass is 32.2. The molecule has 0 aromatic heterocycles. The van der Waals surface area contributed by atoms with E-state index in [1.807, 2.05) is 6.08 Å². The predicted octanol–water partition coefficient (Wildman–Crippen LogP) is 1.64. The Hall–Kier alpha value is -0.350. The summed E-state index contributed by atoms with van der Waals surface area (Å²) in [5.41, 5.74) is 5.95. The molecule has 0 bridgehead atoms. The first kappa shape index (κ1) is 12.7. The van der Waals surface area contributed by atoms with Crippen LogP contribution in [0.3, 0.4) is 0 Å². The summed E-state index contributed by atoms with van der Waals surface area (Å²) in [6.45, 7) is 3.64. The van der Waals surface area contributed by atoms with E-state index in [0.717, 1.165) is 38.5 Å². The molecular weight excluding hydrogens is 210 g/mol. The van der Waals surface area contributed by atoms with Crippen molar-refractivity contribution in [1.82, 2.24) is 0 Å². The van der Waals surface area contributed by atoms with Gasteiger partial charge in [0.2, 0.25) is 0 Å². The Labute approximate surface area is 92.7 Å². The number of unbranched alkanes of at least 4 members (excludes halogenated alkanes) is 1. The van der Waals surface area contributed by atoms with Gasteiger partial charge in [-0.1, -0.05) is 12.5 Å². The molecule has 0 aromatic rings. The van der Waals surface area contributed by atoms with Crippen molar-refractivity contribution >= 4 is 9.84 Å². The standard InChI is InChI=1S/C11H21NO2S/c1-2-3-4-7-10(12)11-8-5-6-9-15(11,13)14/h2,10-11H,1,3-9,12H2. The maximum Gasteiger partial charge on any atom is 0.154 e. The molecule has 0 aliphatic carbocycles. The van der Waals surface area contributed by atoms with E-state index in [0.29, 0.717) is 5.75 Å². The Kier molecular flexibility index (Phi) is 4.80. The molecule has 0 amide bonds. The molecule has 2 atom stereocenters. The molecule has 2 unspecified atom stereocenters. The van der Waals surface area contributed by atoms with Crippen molar-refractivity contribution < 1.29 is 8.42 Å². The smallest absolute Gasteiger partial charge is 0.154 e. The summed E-state index contributed by atoms with van der Waals surface area (Å²) in [6.07, 6.45) is 7.05. The van der Waals surface area contributed by atoms with Gasteiger partial charge < -0.3 is 5.73 Å². The quantitative estimate of drug-likeness (QED) is 0.578. The number of nitrogens with two attached hydrogens (primary N) is 1. The van der Waals surface area contributed by atoms with Gasteiger partial charge in [-0.3, -0.25) is 0 Å². The van der Waals surface area contributed by atoms with Crippen LogP contribution in [-0.2, 0) is 9.84 Å². The molecule has 1 aliphatic rings. The summed E-state index contributed by atoms with van der Waals surface area (Å²) in [7, 11) is -2.91. The lowest BCUT2D eigenvalue weighted by atomic mass is 10.0. The van der Waals surface area contributed by atoms with Gasteiger partial charge in [0.05, 0.1) is 11.0 Å². The van der Waals surface area contributed by atoms with Crippen molar-refractivity contribution in [1.29, 1.82) is 0 Å². The second-order valence-corrected chi connectivity index (χ2v) is 6.62. The van der Waals surface area contributed by atoms with Crippen LogP contribution in [0.15, 0.2) is 12.7 Å². The summed E-state index contributed by atoms with van der Waals surface area (Å²) < 4.78 is 23.5. The van der Waals surface area contributed by atoms with Gasteiger partial charge in [-0.15, -0.1) is 6.58 Å². The van der Waals surface area contributed by atoms with Crippen LogP contribution < -0.4 is 5.73 Å². The van der Waals surface area contributed by atoms with E-state index in [1.165, 1.54) is 0 Å². The van der Waals surface area contributed by atoms with Crippen molar-refractivity contribution in [2.45, 2.75) is 49.8 Å². The summed E-state index contributed by atoms with van der Waals surface area (Å²) >= 11 is 0. The summed E-state index contributed by atoms with van der Waals surface area (Å²) in [5, 5.41) is -0.295. The lowest BCUT2D eigenvalue weighted by Gasteiger charge is -2.27. The SMILES string of the molecule is C=CCCCC(N)C1CCCCS1(=O)=O. The number of rotatable bonds is 5. The minimum absolute atomic E-state index is 0.185. The molecule has 0 aromatic carbocycles. The lowest BCUT2D eigenvalue weighted by Crippen LogP contribution is -2.43. The Morgan fingerprint density at radius 2 is 2.20 bits per heavy atom. The highest BCUT2D eigenvalue weighted by molar-refractivity contribution is 7.92. The second kappa shape index (κ2) is 5.66. The third kappa shape index (κ3) is 3.61. The van der Waals surface area contributed by atoms with E-state index < -0.39 is 9.84 Å². The summed E-state index contributed by atoms with van der Waals surface area (Å²) in [4.78, 5) is 0. The van der Waals surface area contributed by atoms with Gasteiger partial charge in [-0.05, 0) is 32.1 Å². The Bertz CT molecular complexity index is 298. The molecule has 15 heavy (non-hydrogen) atoms. The van der Waals surface area contributed by atoms with E-state index in [2.05, 4.69) is 6.58 Å². The molecule has 4 heteroatoms. The van der Waals surface area contributed by atoms with Crippen molar-refractivity contribution in [3.8, 4) is 0 Å². The van der Waals surface area contributed by atoms with Gasteiger partial charge in [0, 0.05) is 6.04 Å². The predicted molar refractivity (Wildman–Crippen MR) is 63.4 cm³/mol. The minimum Gasteiger partial charge on any atom is -0.327 e. The van der Waals surface area contributed by atoms with Gasteiger partial charge >= 0.3 is 0 Å². The molecule has 88 valence electrons. The third-order valence-corrected chi connectivity index (χ3v) is 5.42. The molecule has 1 rings (SSSR count). The van der Waals surface area contributed by atoms with Crippen LogP contribution in [-0.4, -0.2) is 25.5 Å². The average Bonchev–Trinajstić information content (AvgIpc) is 2.17. The Morgan fingerprint density at radius 1 is 1.47 bits per heavy atom. The van der Waals surface area contributed by atoms with Crippen LogP contribution in [0.4, 0.5) is 0 Å². The van der Waals surface area contributed by atoms with Crippen LogP contribution >= 0.6 is 0 Å². The molecule has 3 nitrogen and oxygen atoms in total. The largest absolute Gasteiger partial charge is 0.327 e. The van der Waals surface area contributed by atoms with E-state index in [4.69, 9.17) is 5.73 Å². The molecular formula is C11H21NO2S. The zero-order valence-electron chi connectivity index (χ0n) is 9.19. The number of allylic oxidation sites excluding steroid dienone is 1. The van der Waals surface area contributed by atoms with Crippen molar-refractivity contribution in [2.75, 3.05) is 5.75 Å². The fourth-order valence-corrected chi connectivity index (χ4v) is 4.25. The normalized spacial score (nSPS) is 27.1. The maximum atomic E-state index is 11.8. The molecule has 0 radical (unpaired) electrons. The average molecular weight is 231 g/mol. The maximum absolute atomic E-state index is 11.8. The monoisotopic (exact) mass is 231 g/mol. The van der Waals surface area contributed by atoms with Crippen molar-refractivity contribution in [2.24, 2.45) is 5.73 Å². The first-order valence-corrected chi connectivity index (χ1v) is 7.37. The highest BCUT2D eigenvalue weighted by Gasteiger charge is 2.33. The zero-order chi connectivity index (χ0) is 11.3. The number of hydrogen-bond acceptors (Lipinski definition) is 3. The first-order chi connectivity index (χ1) is 7.08. The highest BCUT2D eigenvalue weighted by Crippen LogP contribution is 2.23. The number of sulfone groups is 1. The summed E-state index contributed by atoms with van der Waals surface area (Å²) in [5.74, 6) is 0.326. The molecule has 1 fully saturated rings. The summed E-state index contributed by atoms with van der Waals surface area (Å²) in [6, 6.07) is -0.185. The van der Waals surface area contributed by atoms with Crippen molar-refractivity contribution in [3.05, 3.63) is 12.7 Å². The van der Waals surface area contributed by atoms with Crippen LogP contribution in [0, 0.1) is 0 Å². The van der Waals surface area contributed by atoms with Crippen LogP contribution in [0.5, 0.6) is 0 Å². The second-order valence-electron chi connectivity index (χ2n) is 4.28. The van der Waals surface area contributed by atoms with Crippen LogP contribution in [0.1, 0.15) is 38.5 Å². The van der Waals surface area contributed by atoms with Gasteiger partial charge in [-0.2, -0.15) is 0 Å². The number of hydrogen-bond donors (Lipinski definition) is 1. The lowest BCUT2D eigenvalue weighted by molar-refractivity contribution is 0.474. The molecule has 0 saturated carbocycles. The molecule has 0 spiro atoms. The molecule has 2 N–H and O–H groups in total. The zero-order valence-corrected chi connectivity index (χ0v) is 10.0. The third-order valence-electron chi connectivity index (χ3n) is 3.05. The van der Waals surface area contributed by atoms with Crippen LogP contribution in [0.25, 0.3) is 0 Å². The Morgan fingerprint density at radius 3 is 2.80 bits per heavy atom. The molecule has 1 aliphatic heterocycles. The fraction of sp³-hybridized carbons (Fsp3) is 0.818. The van der Waals surface area contributed by atoms with E-state index in [1.54, 1.807) is 0 Å². The topological polar surface area (TPSA) is 60.2 Å². The molecule has 1 saturated heterocycles.